The highest BCUT2D eigenvalue weighted by Gasteiger charge is 2.26. The highest BCUT2D eigenvalue weighted by atomic mass is 32.2. The second kappa shape index (κ2) is 8.73. The van der Waals surface area contributed by atoms with Crippen molar-refractivity contribution in [3.05, 3.63) is 53.7 Å². The van der Waals surface area contributed by atoms with Crippen LogP contribution in [-0.2, 0) is 16.6 Å². The Balaban J connectivity index is 1.38. The Labute approximate surface area is 178 Å². The predicted octanol–water partition coefficient (Wildman–Crippen LogP) is 2.78. The molecule has 1 aliphatic heterocycles. The zero-order valence-corrected chi connectivity index (χ0v) is 18.1. The zero-order chi connectivity index (χ0) is 21.1. The highest BCUT2D eigenvalue weighted by Crippen LogP contribution is 2.22. The third-order valence-corrected chi connectivity index (χ3v) is 7.50. The number of carbonyl (C=O) groups excluding carboxylic acids is 1. The molecule has 2 aliphatic rings. The van der Waals surface area contributed by atoms with Gasteiger partial charge in [-0.1, -0.05) is 18.6 Å². The monoisotopic (exact) mass is 428 g/mol. The summed E-state index contributed by atoms with van der Waals surface area (Å²) in [6.07, 6.45) is 6.49. The number of anilines is 1. The summed E-state index contributed by atoms with van der Waals surface area (Å²) in [5.74, 6) is 0.674. The summed E-state index contributed by atoms with van der Waals surface area (Å²) in [7, 11) is -1.55. The molecule has 0 atom stereocenters. The second-order valence-corrected chi connectivity index (χ2v) is 10.1. The SMILES string of the molecule is CN(Cc1ccc(C(=O)NC2CC2)cc1)c1ccc(S(=O)(=O)N2CCCCC2)cn1. The van der Waals surface area contributed by atoms with Gasteiger partial charge in [0.1, 0.15) is 10.7 Å². The normalized spacial score (nSPS) is 17.5. The minimum atomic E-state index is -3.47. The summed E-state index contributed by atoms with van der Waals surface area (Å²) < 4.78 is 27.1. The maximum Gasteiger partial charge on any atom is 0.251 e. The van der Waals surface area contributed by atoms with Crippen LogP contribution in [0.15, 0.2) is 47.5 Å². The Hall–Kier alpha value is -2.45. The first-order chi connectivity index (χ1) is 14.4. The molecule has 1 N–H and O–H groups in total. The molecule has 4 rings (SSSR count). The van der Waals surface area contributed by atoms with E-state index < -0.39 is 10.0 Å². The fourth-order valence-corrected chi connectivity index (χ4v) is 5.08. The molecule has 160 valence electrons. The number of hydrogen-bond donors (Lipinski definition) is 1. The standard InChI is InChI=1S/C22H28N4O3S/c1-25(16-17-5-7-18(8-6-17)22(27)24-19-9-10-19)21-12-11-20(15-23-21)30(28,29)26-13-3-2-4-14-26/h5-8,11-12,15,19H,2-4,9-10,13-14,16H2,1H3,(H,24,27). The molecule has 8 heteroatoms. The number of hydrogen-bond acceptors (Lipinski definition) is 5. The van der Waals surface area contributed by atoms with Gasteiger partial charge in [-0.15, -0.1) is 0 Å². The maximum absolute atomic E-state index is 12.8. The van der Waals surface area contributed by atoms with Gasteiger partial charge in [0, 0.05) is 44.5 Å². The Morgan fingerprint density at radius 2 is 1.80 bits per heavy atom. The first kappa shape index (κ1) is 20.8. The van der Waals surface area contributed by atoms with E-state index in [0.717, 1.165) is 37.7 Å². The third-order valence-electron chi connectivity index (χ3n) is 5.61. The quantitative estimate of drug-likeness (QED) is 0.733. The van der Waals surface area contributed by atoms with E-state index in [2.05, 4.69) is 10.3 Å². The van der Waals surface area contributed by atoms with Crippen LogP contribution < -0.4 is 10.2 Å². The lowest BCUT2D eigenvalue weighted by Gasteiger charge is -2.26. The van der Waals surface area contributed by atoms with Crippen LogP contribution in [0, 0.1) is 0 Å². The lowest BCUT2D eigenvalue weighted by Crippen LogP contribution is -2.35. The van der Waals surface area contributed by atoms with Crippen LogP contribution in [0.25, 0.3) is 0 Å². The van der Waals surface area contributed by atoms with E-state index in [-0.39, 0.29) is 10.8 Å². The van der Waals surface area contributed by atoms with Crippen molar-refractivity contribution in [3.63, 3.8) is 0 Å². The Morgan fingerprint density at radius 3 is 2.40 bits per heavy atom. The lowest BCUT2D eigenvalue weighted by atomic mass is 10.1. The van der Waals surface area contributed by atoms with Crippen LogP contribution in [0.5, 0.6) is 0 Å². The number of carbonyl (C=O) groups is 1. The summed E-state index contributed by atoms with van der Waals surface area (Å²) >= 11 is 0. The Morgan fingerprint density at radius 1 is 1.10 bits per heavy atom. The zero-order valence-electron chi connectivity index (χ0n) is 17.3. The number of piperidine rings is 1. The van der Waals surface area contributed by atoms with Crippen molar-refractivity contribution < 1.29 is 13.2 Å². The molecule has 0 radical (unpaired) electrons. The van der Waals surface area contributed by atoms with Gasteiger partial charge in [0.15, 0.2) is 0 Å². The lowest BCUT2D eigenvalue weighted by molar-refractivity contribution is 0.0951. The summed E-state index contributed by atoms with van der Waals surface area (Å²) in [4.78, 5) is 18.7. The second-order valence-electron chi connectivity index (χ2n) is 8.12. The van der Waals surface area contributed by atoms with Crippen LogP contribution in [0.4, 0.5) is 5.82 Å². The summed E-state index contributed by atoms with van der Waals surface area (Å²) in [5, 5.41) is 2.99. The summed E-state index contributed by atoms with van der Waals surface area (Å²) in [5.41, 5.74) is 1.71. The molecule has 1 amide bonds. The van der Waals surface area contributed by atoms with Gasteiger partial charge in [0.25, 0.3) is 5.91 Å². The van der Waals surface area contributed by atoms with E-state index in [1.54, 1.807) is 16.4 Å². The molecule has 2 heterocycles. The van der Waals surface area contributed by atoms with Gasteiger partial charge < -0.3 is 10.2 Å². The van der Waals surface area contributed by atoms with E-state index >= 15 is 0 Å². The van der Waals surface area contributed by atoms with Gasteiger partial charge in [-0.2, -0.15) is 4.31 Å². The molecule has 1 aromatic carbocycles. The largest absolute Gasteiger partial charge is 0.355 e. The Bertz CT molecular complexity index is 980. The number of benzene rings is 1. The number of rotatable bonds is 7. The van der Waals surface area contributed by atoms with Crippen LogP contribution in [0.3, 0.4) is 0 Å². The number of aromatic nitrogens is 1. The van der Waals surface area contributed by atoms with E-state index in [1.807, 2.05) is 36.2 Å². The number of nitrogens with zero attached hydrogens (tertiary/aromatic N) is 3. The van der Waals surface area contributed by atoms with Crippen LogP contribution in [-0.4, -0.2) is 49.8 Å². The molecular weight excluding hydrogens is 400 g/mol. The average Bonchev–Trinajstić information content (AvgIpc) is 3.59. The molecule has 1 aromatic heterocycles. The predicted molar refractivity (Wildman–Crippen MR) is 116 cm³/mol. The van der Waals surface area contributed by atoms with Crippen LogP contribution in [0.1, 0.15) is 48.0 Å². The molecule has 1 saturated carbocycles. The average molecular weight is 429 g/mol. The van der Waals surface area contributed by atoms with Gasteiger partial charge in [-0.25, -0.2) is 13.4 Å². The van der Waals surface area contributed by atoms with Crippen molar-refractivity contribution >= 4 is 21.7 Å². The molecule has 2 fully saturated rings. The molecule has 0 spiro atoms. The van der Waals surface area contributed by atoms with Gasteiger partial charge in [0.05, 0.1) is 0 Å². The molecule has 0 unspecified atom stereocenters. The van der Waals surface area contributed by atoms with Gasteiger partial charge in [-0.3, -0.25) is 4.79 Å². The van der Waals surface area contributed by atoms with Crippen molar-refractivity contribution in [3.8, 4) is 0 Å². The van der Waals surface area contributed by atoms with Crippen molar-refractivity contribution in [1.29, 1.82) is 0 Å². The fourth-order valence-electron chi connectivity index (χ4n) is 3.62. The first-order valence-corrected chi connectivity index (χ1v) is 11.9. The van der Waals surface area contributed by atoms with Crippen molar-refractivity contribution in [2.75, 3.05) is 25.0 Å². The highest BCUT2D eigenvalue weighted by molar-refractivity contribution is 7.89. The maximum atomic E-state index is 12.8. The van der Waals surface area contributed by atoms with Gasteiger partial charge >= 0.3 is 0 Å². The van der Waals surface area contributed by atoms with Gasteiger partial charge in [-0.05, 0) is 55.5 Å². The molecule has 2 aromatic rings. The van der Waals surface area contributed by atoms with E-state index in [9.17, 15) is 13.2 Å². The van der Waals surface area contributed by atoms with Crippen LogP contribution >= 0.6 is 0 Å². The molecule has 0 bridgehead atoms. The minimum Gasteiger partial charge on any atom is -0.355 e. The van der Waals surface area contributed by atoms with Crippen molar-refractivity contribution in [1.82, 2.24) is 14.6 Å². The Kier molecular flexibility index (Phi) is 6.06. The number of pyridine rings is 1. The number of nitrogens with one attached hydrogen (secondary N) is 1. The summed E-state index contributed by atoms with van der Waals surface area (Å²) in [6.45, 7) is 1.77. The summed E-state index contributed by atoms with van der Waals surface area (Å²) in [6, 6.07) is 11.3. The van der Waals surface area contributed by atoms with Crippen LogP contribution in [0.2, 0.25) is 0 Å². The number of amides is 1. The molecule has 1 saturated heterocycles. The topological polar surface area (TPSA) is 82.6 Å². The van der Waals surface area contributed by atoms with E-state index in [1.165, 1.54) is 6.20 Å². The molecule has 1 aliphatic carbocycles. The minimum absolute atomic E-state index is 0.0235. The molecule has 30 heavy (non-hydrogen) atoms. The smallest absolute Gasteiger partial charge is 0.251 e. The first-order valence-electron chi connectivity index (χ1n) is 10.5. The fraction of sp³-hybridized carbons (Fsp3) is 0.455. The molecule has 7 nitrogen and oxygen atoms in total. The number of sulfonamides is 1. The van der Waals surface area contributed by atoms with Crippen molar-refractivity contribution in [2.24, 2.45) is 0 Å². The van der Waals surface area contributed by atoms with E-state index in [4.69, 9.17) is 0 Å². The molecular formula is C22H28N4O3S. The van der Waals surface area contributed by atoms with Gasteiger partial charge in [0.2, 0.25) is 10.0 Å². The third kappa shape index (κ3) is 4.82. The van der Waals surface area contributed by atoms with Crippen molar-refractivity contribution in [2.45, 2.75) is 49.6 Å². The van der Waals surface area contributed by atoms with E-state index in [0.29, 0.717) is 37.1 Å².